The first-order valence-electron chi connectivity index (χ1n) is 4.10. The zero-order valence-electron chi connectivity index (χ0n) is 7.47. The molecule has 0 aliphatic heterocycles. The second-order valence-corrected chi connectivity index (χ2v) is 3.53. The molecule has 0 saturated heterocycles. The molecule has 0 fully saturated rings. The minimum absolute atomic E-state index is 0.498. The first kappa shape index (κ1) is 9.74. The third kappa shape index (κ3) is 1.69. The summed E-state index contributed by atoms with van der Waals surface area (Å²) in [5.41, 5.74) is 6.47. The van der Waals surface area contributed by atoms with E-state index in [0.717, 1.165) is 29.0 Å². The van der Waals surface area contributed by atoms with Crippen molar-refractivity contribution in [2.45, 2.75) is 26.3 Å². The number of hydrogen-bond donors (Lipinski definition) is 1. The van der Waals surface area contributed by atoms with Gasteiger partial charge in [0.1, 0.15) is 10.4 Å². The Labute approximate surface area is 81.1 Å². The molecule has 0 saturated carbocycles. The molecule has 0 aliphatic rings. The van der Waals surface area contributed by atoms with Crippen molar-refractivity contribution in [2.24, 2.45) is 12.8 Å². The summed E-state index contributed by atoms with van der Waals surface area (Å²) < 4.78 is 3.06. The highest BCUT2D eigenvalue weighted by atomic mass is 79.9. The molecular weight excluding hydrogens is 218 g/mol. The first-order chi connectivity index (χ1) is 5.70. The Morgan fingerprint density at radius 1 is 1.58 bits per heavy atom. The number of nitrogens with zero attached hydrogens (tertiary/aromatic N) is 2. The molecule has 1 heterocycles. The summed E-state index contributed by atoms with van der Waals surface area (Å²) in [5, 5.41) is 0. The Hall–Kier alpha value is -0.350. The summed E-state index contributed by atoms with van der Waals surface area (Å²) >= 11 is 3.45. The summed E-state index contributed by atoms with van der Waals surface area (Å²) in [6.07, 6.45) is 2.12. The summed E-state index contributed by atoms with van der Waals surface area (Å²) in [5.74, 6) is 1.10. The topological polar surface area (TPSA) is 43.8 Å². The highest BCUT2D eigenvalue weighted by molar-refractivity contribution is 9.10. The molecule has 2 N–H and O–H groups in total. The lowest BCUT2D eigenvalue weighted by atomic mass is 10.3. The van der Waals surface area contributed by atoms with E-state index in [1.807, 2.05) is 11.6 Å². The number of hydrogen-bond acceptors (Lipinski definition) is 2. The summed E-state index contributed by atoms with van der Waals surface area (Å²) in [6.45, 7) is 2.64. The van der Waals surface area contributed by atoms with Gasteiger partial charge in [-0.2, -0.15) is 0 Å². The van der Waals surface area contributed by atoms with Crippen LogP contribution in [0.25, 0.3) is 0 Å². The maximum absolute atomic E-state index is 5.52. The van der Waals surface area contributed by atoms with E-state index in [2.05, 4.69) is 27.8 Å². The van der Waals surface area contributed by atoms with Crippen LogP contribution >= 0.6 is 15.9 Å². The molecule has 68 valence electrons. The van der Waals surface area contributed by atoms with Crippen molar-refractivity contribution in [1.29, 1.82) is 0 Å². The van der Waals surface area contributed by atoms with Crippen molar-refractivity contribution in [3.05, 3.63) is 16.1 Å². The lowest BCUT2D eigenvalue weighted by Crippen LogP contribution is -1.97. The predicted octanol–water partition coefficient (Wildman–Crippen LogP) is 1.59. The minimum Gasteiger partial charge on any atom is -0.326 e. The summed E-state index contributed by atoms with van der Waals surface area (Å²) in [4.78, 5) is 4.41. The van der Waals surface area contributed by atoms with E-state index in [9.17, 15) is 0 Å². The Bertz CT molecular complexity index is 268. The van der Waals surface area contributed by atoms with Crippen molar-refractivity contribution in [3.8, 4) is 0 Å². The smallest absolute Gasteiger partial charge is 0.109 e. The third-order valence-corrected chi connectivity index (χ3v) is 2.84. The van der Waals surface area contributed by atoms with E-state index in [1.165, 1.54) is 0 Å². The molecule has 12 heavy (non-hydrogen) atoms. The molecule has 1 aromatic heterocycles. The first-order valence-corrected chi connectivity index (χ1v) is 4.90. The van der Waals surface area contributed by atoms with Crippen molar-refractivity contribution in [3.63, 3.8) is 0 Å². The van der Waals surface area contributed by atoms with Crippen LogP contribution in [-0.2, 0) is 20.0 Å². The molecule has 3 nitrogen and oxygen atoms in total. The zero-order valence-corrected chi connectivity index (χ0v) is 9.06. The maximum Gasteiger partial charge on any atom is 0.109 e. The summed E-state index contributed by atoms with van der Waals surface area (Å²) in [6, 6.07) is 0. The van der Waals surface area contributed by atoms with Gasteiger partial charge in [0.05, 0.1) is 5.69 Å². The van der Waals surface area contributed by atoms with Gasteiger partial charge in [-0.1, -0.05) is 6.92 Å². The Kier molecular flexibility index (Phi) is 3.29. The fourth-order valence-electron chi connectivity index (χ4n) is 1.16. The van der Waals surface area contributed by atoms with E-state index in [-0.39, 0.29) is 0 Å². The molecule has 0 aliphatic carbocycles. The van der Waals surface area contributed by atoms with Gasteiger partial charge in [0, 0.05) is 20.0 Å². The van der Waals surface area contributed by atoms with E-state index in [1.54, 1.807) is 0 Å². The molecule has 0 unspecified atom stereocenters. The lowest BCUT2D eigenvalue weighted by molar-refractivity contribution is 0.750. The number of nitrogens with two attached hydrogens (primary N) is 1. The van der Waals surface area contributed by atoms with Crippen molar-refractivity contribution in [1.82, 2.24) is 9.55 Å². The van der Waals surface area contributed by atoms with Gasteiger partial charge >= 0.3 is 0 Å². The van der Waals surface area contributed by atoms with Crippen LogP contribution < -0.4 is 5.73 Å². The standard InChI is InChI=1S/C8H14BrN3/c1-3-4-7-11-6(5-10)8(9)12(7)2/h3-5,10H2,1-2H3. The Balaban J connectivity index is 2.98. The SMILES string of the molecule is CCCc1nc(CN)c(Br)n1C. The zero-order chi connectivity index (χ0) is 9.14. The number of rotatable bonds is 3. The Morgan fingerprint density at radius 3 is 2.67 bits per heavy atom. The van der Waals surface area contributed by atoms with Crippen LogP contribution in [0.2, 0.25) is 0 Å². The van der Waals surface area contributed by atoms with Crippen molar-refractivity contribution in [2.75, 3.05) is 0 Å². The van der Waals surface area contributed by atoms with Crippen LogP contribution in [0.5, 0.6) is 0 Å². The monoisotopic (exact) mass is 231 g/mol. The van der Waals surface area contributed by atoms with E-state index in [4.69, 9.17) is 5.73 Å². The van der Waals surface area contributed by atoms with Crippen LogP contribution in [0.1, 0.15) is 24.9 Å². The van der Waals surface area contributed by atoms with E-state index in [0.29, 0.717) is 6.54 Å². The Morgan fingerprint density at radius 2 is 2.25 bits per heavy atom. The predicted molar refractivity (Wildman–Crippen MR) is 52.8 cm³/mol. The number of aryl methyl sites for hydroxylation is 1. The maximum atomic E-state index is 5.52. The minimum atomic E-state index is 0.498. The van der Waals surface area contributed by atoms with Crippen molar-refractivity contribution < 1.29 is 0 Å². The molecule has 4 heteroatoms. The van der Waals surface area contributed by atoms with Gasteiger partial charge < -0.3 is 10.3 Å². The second-order valence-electron chi connectivity index (χ2n) is 2.78. The molecule has 0 amide bonds. The van der Waals surface area contributed by atoms with Gasteiger partial charge in [0.25, 0.3) is 0 Å². The van der Waals surface area contributed by atoms with Gasteiger partial charge in [-0.05, 0) is 22.4 Å². The average molecular weight is 232 g/mol. The van der Waals surface area contributed by atoms with Crippen LogP contribution in [0.15, 0.2) is 4.60 Å². The molecule has 0 bridgehead atoms. The van der Waals surface area contributed by atoms with Gasteiger partial charge in [-0.25, -0.2) is 4.98 Å². The molecule has 0 atom stereocenters. The van der Waals surface area contributed by atoms with Crippen LogP contribution in [0, 0.1) is 0 Å². The number of imidazole rings is 1. The number of halogens is 1. The fraction of sp³-hybridized carbons (Fsp3) is 0.625. The molecular formula is C8H14BrN3. The molecule has 0 radical (unpaired) electrons. The van der Waals surface area contributed by atoms with Crippen LogP contribution in [0.3, 0.4) is 0 Å². The number of aromatic nitrogens is 2. The molecule has 0 spiro atoms. The fourth-order valence-corrected chi connectivity index (χ4v) is 1.62. The lowest BCUT2D eigenvalue weighted by Gasteiger charge is -1.98. The second kappa shape index (κ2) is 4.05. The van der Waals surface area contributed by atoms with Gasteiger partial charge in [0.2, 0.25) is 0 Å². The largest absolute Gasteiger partial charge is 0.326 e. The highest BCUT2D eigenvalue weighted by Crippen LogP contribution is 2.17. The quantitative estimate of drug-likeness (QED) is 0.860. The van der Waals surface area contributed by atoms with Gasteiger partial charge in [-0.15, -0.1) is 0 Å². The normalized spacial score (nSPS) is 10.7. The van der Waals surface area contributed by atoms with Crippen LogP contribution in [0.4, 0.5) is 0 Å². The highest BCUT2D eigenvalue weighted by Gasteiger charge is 2.09. The van der Waals surface area contributed by atoms with E-state index < -0.39 is 0 Å². The van der Waals surface area contributed by atoms with Crippen molar-refractivity contribution >= 4 is 15.9 Å². The van der Waals surface area contributed by atoms with E-state index >= 15 is 0 Å². The molecule has 1 aromatic rings. The average Bonchev–Trinajstić information content (AvgIpc) is 2.33. The molecule has 0 aromatic carbocycles. The van der Waals surface area contributed by atoms with Crippen LogP contribution in [-0.4, -0.2) is 9.55 Å². The van der Waals surface area contributed by atoms with Gasteiger partial charge in [-0.3, -0.25) is 0 Å². The van der Waals surface area contributed by atoms with Gasteiger partial charge in [0.15, 0.2) is 0 Å². The summed E-state index contributed by atoms with van der Waals surface area (Å²) in [7, 11) is 2.00. The third-order valence-electron chi connectivity index (χ3n) is 1.85. The molecule has 1 rings (SSSR count).